The highest BCUT2D eigenvalue weighted by molar-refractivity contribution is 6.06. The summed E-state index contributed by atoms with van der Waals surface area (Å²) in [5.74, 6) is -1.52. The maximum atomic E-state index is 13.1. The lowest BCUT2D eigenvalue weighted by Gasteiger charge is -2.25. The van der Waals surface area contributed by atoms with Crippen LogP contribution in [0.3, 0.4) is 0 Å². The fourth-order valence-electron chi connectivity index (χ4n) is 3.87. The second kappa shape index (κ2) is 8.14. The van der Waals surface area contributed by atoms with Gasteiger partial charge in [-0.3, -0.25) is 9.59 Å². The second-order valence-electron chi connectivity index (χ2n) is 9.09. The van der Waals surface area contributed by atoms with E-state index in [1.165, 1.54) is 6.33 Å². The third-order valence-corrected chi connectivity index (χ3v) is 5.21. The molecule has 3 aromatic rings. The van der Waals surface area contributed by atoms with Gasteiger partial charge in [0.05, 0.1) is 6.33 Å². The predicted octanol–water partition coefficient (Wildman–Crippen LogP) is 2.18. The van der Waals surface area contributed by atoms with Crippen molar-refractivity contribution in [3.8, 4) is 0 Å². The lowest BCUT2D eigenvalue weighted by atomic mass is 10.0. The Labute approximate surface area is 185 Å². The number of carbonyl (C=O) groups is 3. The molecule has 168 valence electrons. The largest absolute Gasteiger partial charge is 0.458 e. The van der Waals surface area contributed by atoms with Crippen LogP contribution in [0.15, 0.2) is 36.8 Å². The van der Waals surface area contributed by atoms with E-state index in [0.717, 1.165) is 16.5 Å². The molecule has 1 aromatic carbocycles. The molecule has 2 aromatic heterocycles. The van der Waals surface area contributed by atoms with Gasteiger partial charge >= 0.3 is 5.97 Å². The summed E-state index contributed by atoms with van der Waals surface area (Å²) >= 11 is 0. The van der Waals surface area contributed by atoms with Gasteiger partial charge in [0.15, 0.2) is 5.69 Å². The third kappa shape index (κ3) is 4.37. The van der Waals surface area contributed by atoms with Gasteiger partial charge in [-0.2, -0.15) is 0 Å². The summed E-state index contributed by atoms with van der Waals surface area (Å²) in [5.41, 5.74) is 1.27. The minimum atomic E-state index is -0.955. The first-order valence-electron chi connectivity index (χ1n) is 10.6. The summed E-state index contributed by atoms with van der Waals surface area (Å²) in [7, 11) is 0. The van der Waals surface area contributed by atoms with Gasteiger partial charge in [-0.05, 0) is 39.3 Å². The van der Waals surface area contributed by atoms with Crippen LogP contribution in [0, 0.1) is 0 Å². The van der Waals surface area contributed by atoms with E-state index in [-0.39, 0.29) is 29.8 Å². The molecule has 0 fully saturated rings. The van der Waals surface area contributed by atoms with E-state index >= 15 is 0 Å². The van der Waals surface area contributed by atoms with Crippen LogP contribution in [0.1, 0.15) is 54.2 Å². The topological polar surface area (TPSA) is 118 Å². The highest BCUT2D eigenvalue weighted by Crippen LogP contribution is 2.21. The normalized spacial score (nSPS) is 16.9. The van der Waals surface area contributed by atoms with Crippen molar-refractivity contribution in [3.05, 3.63) is 53.7 Å². The minimum Gasteiger partial charge on any atom is -0.458 e. The fraction of sp³-hybridized carbons (Fsp3) is 0.391. The molecule has 0 spiro atoms. The number of amides is 2. The van der Waals surface area contributed by atoms with Crippen molar-refractivity contribution in [1.82, 2.24) is 25.2 Å². The van der Waals surface area contributed by atoms with Gasteiger partial charge in [0.1, 0.15) is 17.3 Å². The predicted molar refractivity (Wildman–Crippen MR) is 118 cm³/mol. The van der Waals surface area contributed by atoms with Crippen molar-refractivity contribution < 1.29 is 19.1 Å². The van der Waals surface area contributed by atoms with E-state index in [0.29, 0.717) is 6.54 Å². The van der Waals surface area contributed by atoms with Crippen LogP contribution in [0.4, 0.5) is 0 Å². The molecule has 1 aliphatic heterocycles. The average molecular weight is 438 g/mol. The van der Waals surface area contributed by atoms with Crippen LogP contribution in [-0.2, 0) is 22.5 Å². The Kier molecular flexibility index (Phi) is 5.50. The number of carbonyl (C=O) groups excluding carboxylic acids is 3. The van der Waals surface area contributed by atoms with E-state index in [9.17, 15) is 14.4 Å². The number of fused-ring (bicyclic) bond motifs is 2. The number of H-pyrrole nitrogens is 1. The Bertz CT molecular complexity index is 1190. The van der Waals surface area contributed by atoms with Crippen LogP contribution in [0.2, 0.25) is 0 Å². The molecule has 4 rings (SSSR count). The third-order valence-electron chi connectivity index (χ3n) is 5.21. The molecule has 0 bridgehead atoms. The number of aromatic nitrogens is 3. The Morgan fingerprint density at radius 3 is 2.81 bits per heavy atom. The highest BCUT2D eigenvalue weighted by atomic mass is 16.6. The summed E-state index contributed by atoms with van der Waals surface area (Å²) in [6.07, 6.45) is 3.52. The van der Waals surface area contributed by atoms with E-state index in [4.69, 9.17) is 4.74 Å². The molecule has 3 heterocycles. The number of benzene rings is 1. The van der Waals surface area contributed by atoms with Crippen molar-refractivity contribution in [3.63, 3.8) is 0 Å². The number of aromatic amines is 1. The van der Waals surface area contributed by atoms with Crippen LogP contribution in [0.5, 0.6) is 0 Å². The molecule has 2 amide bonds. The average Bonchev–Trinajstić information content (AvgIpc) is 3.30. The summed E-state index contributed by atoms with van der Waals surface area (Å²) in [5, 5.41) is 6.51. The maximum Gasteiger partial charge on any atom is 0.329 e. The van der Waals surface area contributed by atoms with Gasteiger partial charge in [-0.1, -0.05) is 18.2 Å². The summed E-state index contributed by atoms with van der Waals surface area (Å²) < 4.78 is 7.21. The van der Waals surface area contributed by atoms with Crippen molar-refractivity contribution >= 4 is 28.7 Å². The minimum absolute atomic E-state index is 0.0121. The van der Waals surface area contributed by atoms with Crippen LogP contribution < -0.4 is 10.6 Å². The molecule has 9 heteroatoms. The van der Waals surface area contributed by atoms with Crippen molar-refractivity contribution in [1.29, 1.82) is 0 Å². The quantitative estimate of drug-likeness (QED) is 0.529. The van der Waals surface area contributed by atoms with Crippen molar-refractivity contribution in [2.45, 2.75) is 58.3 Å². The van der Waals surface area contributed by atoms with E-state index in [1.54, 1.807) is 25.3 Å². The molecule has 0 radical (unpaired) electrons. The Hall–Kier alpha value is -3.62. The molecular weight excluding hydrogens is 410 g/mol. The molecular formula is C23H27N5O4. The Morgan fingerprint density at radius 2 is 2.06 bits per heavy atom. The highest BCUT2D eigenvalue weighted by Gasteiger charge is 2.33. The first-order valence-corrected chi connectivity index (χ1v) is 10.6. The zero-order valence-corrected chi connectivity index (χ0v) is 18.6. The number of ether oxygens (including phenoxy) is 1. The zero-order chi connectivity index (χ0) is 23.0. The monoisotopic (exact) mass is 437 g/mol. The van der Waals surface area contributed by atoms with Crippen molar-refractivity contribution in [2.24, 2.45) is 0 Å². The number of para-hydroxylation sites is 1. The molecule has 9 nitrogen and oxygen atoms in total. The first kappa shape index (κ1) is 21.6. The molecule has 32 heavy (non-hydrogen) atoms. The van der Waals surface area contributed by atoms with Crippen molar-refractivity contribution in [2.75, 3.05) is 0 Å². The molecule has 1 aliphatic rings. The Balaban J connectivity index is 1.61. The fourth-order valence-corrected chi connectivity index (χ4v) is 3.87. The molecule has 0 saturated carbocycles. The zero-order valence-electron chi connectivity index (χ0n) is 18.6. The van der Waals surface area contributed by atoms with Crippen LogP contribution in [-0.4, -0.2) is 50.0 Å². The Morgan fingerprint density at radius 1 is 1.31 bits per heavy atom. The number of hydrogen-bond acceptors (Lipinski definition) is 5. The molecule has 0 aliphatic carbocycles. The summed E-state index contributed by atoms with van der Waals surface area (Å²) in [6.45, 7) is 7.71. The molecule has 2 atom stereocenters. The molecule has 0 saturated heterocycles. The van der Waals surface area contributed by atoms with Gasteiger partial charge in [0, 0.05) is 36.1 Å². The van der Waals surface area contributed by atoms with Crippen LogP contribution >= 0.6 is 0 Å². The number of nitrogens with one attached hydrogen (secondary N) is 3. The lowest BCUT2D eigenvalue weighted by Crippen LogP contribution is -2.47. The number of rotatable bonds is 5. The van der Waals surface area contributed by atoms with Crippen LogP contribution in [0.25, 0.3) is 10.9 Å². The summed E-state index contributed by atoms with van der Waals surface area (Å²) in [4.78, 5) is 45.8. The number of imidazole rings is 1. The SMILES string of the molecule is C[C@@H]1Cn2cnc(C(=O)N[C@@H](Cc3c[nH]c4ccccc34)C(=O)OC(C)(C)C)c2C(=O)N1. The van der Waals surface area contributed by atoms with Gasteiger partial charge in [-0.15, -0.1) is 0 Å². The standard InChI is InChI=1S/C23H27N5O4/c1-13-11-28-12-25-18(19(28)21(30)26-13)20(29)27-17(22(31)32-23(2,3)4)9-14-10-24-16-8-6-5-7-15(14)16/h5-8,10,12-13,17,24H,9,11H2,1-4H3,(H,26,30)(H,27,29)/t13-,17+/m1/s1. The van der Waals surface area contributed by atoms with E-state index < -0.39 is 23.5 Å². The van der Waals surface area contributed by atoms with Gasteiger partial charge in [0.2, 0.25) is 0 Å². The number of esters is 1. The number of nitrogens with zero attached hydrogens (tertiary/aromatic N) is 2. The maximum absolute atomic E-state index is 13.1. The first-order chi connectivity index (χ1) is 15.1. The smallest absolute Gasteiger partial charge is 0.329 e. The lowest BCUT2D eigenvalue weighted by molar-refractivity contribution is -0.157. The number of hydrogen-bond donors (Lipinski definition) is 3. The van der Waals surface area contributed by atoms with E-state index in [1.807, 2.05) is 37.4 Å². The second-order valence-corrected chi connectivity index (χ2v) is 9.09. The molecule has 3 N–H and O–H groups in total. The van der Waals surface area contributed by atoms with Gasteiger partial charge < -0.3 is 24.9 Å². The van der Waals surface area contributed by atoms with E-state index in [2.05, 4.69) is 20.6 Å². The van der Waals surface area contributed by atoms with Gasteiger partial charge in [0.25, 0.3) is 11.8 Å². The van der Waals surface area contributed by atoms with Gasteiger partial charge in [-0.25, -0.2) is 9.78 Å². The summed E-state index contributed by atoms with van der Waals surface area (Å²) in [6, 6.07) is 6.71. The molecule has 0 unspecified atom stereocenters.